The smallest absolute Gasteiger partial charge is 0.268 e. The van der Waals surface area contributed by atoms with E-state index in [0.717, 1.165) is 11.3 Å². The van der Waals surface area contributed by atoms with Gasteiger partial charge in [0.25, 0.3) is 6.43 Å². The Hall–Kier alpha value is -0.990. The Morgan fingerprint density at radius 2 is 2.17 bits per heavy atom. The van der Waals surface area contributed by atoms with Crippen LogP contribution in [0.3, 0.4) is 0 Å². The van der Waals surface area contributed by atoms with Crippen LogP contribution in [-0.4, -0.2) is 11.5 Å². The van der Waals surface area contributed by atoms with Crippen molar-refractivity contribution in [2.24, 2.45) is 0 Å². The number of nitrogens with zero attached hydrogens (tertiary/aromatic N) is 1. The third-order valence-corrected chi connectivity index (χ3v) is 2.33. The molecule has 5 heteroatoms. The maximum atomic E-state index is 11.9. The molecule has 0 aliphatic rings. The van der Waals surface area contributed by atoms with Crippen LogP contribution in [-0.2, 0) is 0 Å². The van der Waals surface area contributed by atoms with Gasteiger partial charge in [0.05, 0.1) is 0 Å². The van der Waals surface area contributed by atoms with Gasteiger partial charge < -0.3 is 5.11 Å². The van der Waals surface area contributed by atoms with Gasteiger partial charge in [-0.25, -0.2) is 8.78 Å². The quantitative estimate of drug-likeness (QED) is 0.772. The molecular weight excluding hydrogens is 184 g/mol. The van der Waals surface area contributed by atoms with Crippen molar-refractivity contribution in [3.63, 3.8) is 0 Å². The van der Waals surface area contributed by atoms with Crippen LogP contribution in [0.25, 0.3) is 0 Å². The molecule has 1 rings (SSSR count). The van der Waals surface area contributed by atoms with Gasteiger partial charge in [0.15, 0.2) is 0 Å². The van der Waals surface area contributed by atoms with E-state index in [2.05, 4.69) is 0 Å². The molecule has 0 saturated carbocycles. The zero-order chi connectivity index (χ0) is 9.14. The highest BCUT2D eigenvalue weighted by Gasteiger charge is 2.20. The van der Waals surface area contributed by atoms with Crippen LogP contribution in [0.4, 0.5) is 8.78 Å². The van der Waals surface area contributed by atoms with Gasteiger partial charge in [-0.05, 0) is 12.1 Å². The fraction of sp³-hybridized carbons (Fsp3) is 0.286. The predicted molar refractivity (Wildman–Crippen MR) is 40.0 cm³/mol. The molecule has 64 valence electrons. The second-order valence-corrected chi connectivity index (χ2v) is 3.21. The van der Waals surface area contributed by atoms with Gasteiger partial charge in [0, 0.05) is 4.88 Å². The van der Waals surface area contributed by atoms with Crippen molar-refractivity contribution in [2.45, 2.75) is 12.5 Å². The van der Waals surface area contributed by atoms with Crippen molar-refractivity contribution in [1.29, 1.82) is 5.26 Å². The van der Waals surface area contributed by atoms with Crippen molar-refractivity contribution < 1.29 is 13.9 Å². The molecule has 2 nitrogen and oxygen atoms in total. The average Bonchev–Trinajstić information content (AvgIpc) is 2.50. The standard InChI is InChI=1S/C7H5F2NOS/c8-7(9)6(11)5-2-1-4(3-10)12-5/h1-2,6-7,11H. The molecule has 1 N–H and O–H groups in total. The zero-order valence-electron chi connectivity index (χ0n) is 5.87. The molecule has 1 aromatic heterocycles. The van der Waals surface area contributed by atoms with Crippen molar-refractivity contribution in [3.05, 3.63) is 21.9 Å². The summed E-state index contributed by atoms with van der Waals surface area (Å²) in [6.07, 6.45) is -4.56. The summed E-state index contributed by atoms with van der Waals surface area (Å²) in [4.78, 5) is 0.450. The average molecular weight is 189 g/mol. The number of aliphatic hydroxyl groups is 1. The Morgan fingerprint density at radius 1 is 1.50 bits per heavy atom. The summed E-state index contributed by atoms with van der Waals surface area (Å²) in [6.45, 7) is 0. The van der Waals surface area contributed by atoms with Crippen LogP contribution in [0, 0.1) is 11.3 Å². The molecule has 0 bridgehead atoms. The Balaban J connectivity index is 2.83. The van der Waals surface area contributed by atoms with Crippen LogP contribution in [0.15, 0.2) is 12.1 Å². The first-order valence-electron chi connectivity index (χ1n) is 3.11. The minimum Gasteiger partial charge on any atom is -0.382 e. The molecule has 0 saturated heterocycles. The van der Waals surface area contributed by atoms with E-state index in [4.69, 9.17) is 10.4 Å². The third-order valence-electron chi connectivity index (χ3n) is 1.27. The summed E-state index contributed by atoms with van der Waals surface area (Å²) >= 11 is 0.878. The van der Waals surface area contributed by atoms with E-state index in [1.165, 1.54) is 12.1 Å². The van der Waals surface area contributed by atoms with Gasteiger partial charge in [-0.2, -0.15) is 5.26 Å². The number of rotatable bonds is 2. The number of hydrogen-bond donors (Lipinski definition) is 1. The first-order valence-corrected chi connectivity index (χ1v) is 3.93. The molecule has 0 spiro atoms. The van der Waals surface area contributed by atoms with E-state index in [9.17, 15) is 8.78 Å². The van der Waals surface area contributed by atoms with Crippen LogP contribution in [0.1, 0.15) is 15.9 Å². The monoisotopic (exact) mass is 189 g/mol. The SMILES string of the molecule is N#Cc1ccc(C(O)C(F)F)s1. The van der Waals surface area contributed by atoms with Crippen LogP contribution >= 0.6 is 11.3 Å². The van der Waals surface area contributed by atoms with Gasteiger partial charge in [-0.3, -0.25) is 0 Å². The number of alkyl halides is 2. The molecule has 0 radical (unpaired) electrons. The number of nitriles is 1. The molecule has 0 aromatic carbocycles. The maximum absolute atomic E-state index is 11.9. The van der Waals surface area contributed by atoms with E-state index < -0.39 is 12.5 Å². The Kier molecular flexibility index (Phi) is 2.74. The normalized spacial score (nSPS) is 12.9. The lowest BCUT2D eigenvalue weighted by molar-refractivity contribution is -0.00369. The van der Waals surface area contributed by atoms with Crippen molar-refractivity contribution >= 4 is 11.3 Å². The molecule has 0 aliphatic carbocycles. The minimum absolute atomic E-state index is 0.126. The number of hydrogen-bond acceptors (Lipinski definition) is 3. The highest BCUT2D eigenvalue weighted by Crippen LogP contribution is 2.26. The zero-order valence-corrected chi connectivity index (χ0v) is 6.68. The molecule has 1 aromatic rings. The van der Waals surface area contributed by atoms with Crippen molar-refractivity contribution in [1.82, 2.24) is 0 Å². The largest absolute Gasteiger partial charge is 0.382 e. The number of thiophene rings is 1. The minimum atomic E-state index is -2.80. The Bertz CT molecular complexity index is 305. The molecule has 1 heterocycles. The summed E-state index contributed by atoms with van der Waals surface area (Å²) in [5.74, 6) is 0. The van der Waals surface area contributed by atoms with Crippen LogP contribution in [0.5, 0.6) is 0 Å². The van der Waals surface area contributed by atoms with E-state index in [0.29, 0.717) is 4.88 Å². The van der Waals surface area contributed by atoms with Crippen LogP contribution in [0.2, 0.25) is 0 Å². The van der Waals surface area contributed by atoms with Gasteiger partial charge in [-0.1, -0.05) is 0 Å². The Morgan fingerprint density at radius 3 is 2.58 bits per heavy atom. The van der Waals surface area contributed by atoms with Gasteiger partial charge in [0.2, 0.25) is 0 Å². The lowest BCUT2D eigenvalue weighted by atomic mass is 10.3. The van der Waals surface area contributed by atoms with E-state index in [1.54, 1.807) is 6.07 Å². The fourth-order valence-corrected chi connectivity index (χ4v) is 1.49. The second kappa shape index (κ2) is 3.61. The Labute approximate surface area is 71.7 Å². The fourth-order valence-electron chi connectivity index (χ4n) is 0.696. The predicted octanol–water partition coefficient (Wildman–Crippen LogP) is 1.92. The van der Waals surface area contributed by atoms with Gasteiger partial charge in [-0.15, -0.1) is 11.3 Å². The van der Waals surface area contributed by atoms with Crippen LogP contribution < -0.4 is 0 Å². The number of aliphatic hydroxyl groups excluding tert-OH is 1. The molecule has 0 aliphatic heterocycles. The number of halogens is 2. The second-order valence-electron chi connectivity index (χ2n) is 2.09. The summed E-state index contributed by atoms with van der Waals surface area (Å²) in [5.41, 5.74) is 0. The van der Waals surface area contributed by atoms with E-state index in [1.807, 2.05) is 0 Å². The summed E-state index contributed by atoms with van der Waals surface area (Å²) < 4.78 is 23.8. The van der Waals surface area contributed by atoms with Crippen molar-refractivity contribution in [3.8, 4) is 6.07 Å². The van der Waals surface area contributed by atoms with Crippen molar-refractivity contribution in [2.75, 3.05) is 0 Å². The summed E-state index contributed by atoms with van der Waals surface area (Å²) in [6, 6.07) is 4.55. The lowest BCUT2D eigenvalue weighted by Gasteiger charge is -2.04. The highest BCUT2D eigenvalue weighted by atomic mass is 32.1. The van der Waals surface area contributed by atoms with Gasteiger partial charge >= 0.3 is 0 Å². The van der Waals surface area contributed by atoms with E-state index in [-0.39, 0.29) is 4.88 Å². The maximum Gasteiger partial charge on any atom is 0.268 e. The summed E-state index contributed by atoms with van der Waals surface area (Å²) in [7, 11) is 0. The van der Waals surface area contributed by atoms with E-state index >= 15 is 0 Å². The molecule has 1 unspecified atom stereocenters. The molecule has 0 fully saturated rings. The lowest BCUT2D eigenvalue weighted by Crippen LogP contribution is -2.05. The first-order chi connectivity index (χ1) is 5.65. The van der Waals surface area contributed by atoms with Gasteiger partial charge in [0.1, 0.15) is 17.1 Å². The molecular formula is C7H5F2NOS. The first kappa shape index (κ1) is 9.10. The summed E-state index contributed by atoms with van der Waals surface area (Å²) in [5, 5.41) is 17.2. The highest BCUT2D eigenvalue weighted by molar-refractivity contribution is 7.12. The molecule has 0 amide bonds. The molecule has 12 heavy (non-hydrogen) atoms. The topological polar surface area (TPSA) is 44.0 Å². The third kappa shape index (κ3) is 1.78. The molecule has 1 atom stereocenters.